The van der Waals surface area contributed by atoms with Gasteiger partial charge in [-0.3, -0.25) is 0 Å². The lowest BCUT2D eigenvalue weighted by Crippen LogP contribution is -2.23. The van der Waals surface area contributed by atoms with Crippen LogP contribution in [0.2, 0.25) is 0 Å². The van der Waals surface area contributed by atoms with Crippen LogP contribution in [0.15, 0.2) is 48.5 Å². The zero-order valence-corrected chi connectivity index (χ0v) is 12.0. The van der Waals surface area contributed by atoms with Crippen LogP contribution < -0.4 is 5.32 Å². The van der Waals surface area contributed by atoms with Crippen LogP contribution in [-0.4, -0.2) is 13.1 Å². The Morgan fingerprint density at radius 1 is 1.05 bits per heavy atom. The Bertz CT molecular complexity index is 557. The van der Waals surface area contributed by atoms with Crippen LogP contribution >= 0.6 is 0 Å². The maximum Gasteiger partial charge on any atom is 0.128 e. The Balaban J connectivity index is 2.06. The summed E-state index contributed by atoms with van der Waals surface area (Å²) >= 11 is 0. The highest BCUT2D eigenvalue weighted by Crippen LogP contribution is 2.20. The van der Waals surface area contributed by atoms with Crippen molar-refractivity contribution in [3.63, 3.8) is 0 Å². The molecule has 2 aromatic rings. The van der Waals surface area contributed by atoms with Gasteiger partial charge >= 0.3 is 0 Å². The number of rotatable bonds is 7. The van der Waals surface area contributed by atoms with Crippen LogP contribution in [0.5, 0.6) is 0 Å². The second-order valence-electron chi connectivity index (χ2n) is 4.75. The van der Waals surface area contributed by atoms with Gasteiger partial charge in [0.2, 0.25) is 0 Å². The quantitative estimate of drug-likeness (QED) is 0.837. The molecule has 0 aliphatic heterocycles. The molecule has 0 saturated carbocycles. The van der Waals surface area contributed by atoms with Gasteiger partial charge in [0, 0.05) is 12.1 Å². The molecule has 1 atom stereocenters. The highest BCUT2D eigenvalue weighted by Gasteiger charge is 2.13. The Hall–Kier alpha value is -1.78. The summed E-state index contributed by atoms with van der Waals surface area (Å²) < 4.78 is 32.4. The molecule has 0 radical (unpaired) electrons. The molecule has 0 heterocycles. The van der Waals surface area contributed by atoms with Crippen molar-refractivity contribution in [3.8, 4) is 0 Å². The number of halogens is 2. The third kappa shape index (κ3) is 4.62. The number of nitrogens with one attached hydrogen (secondary N) is 1. The maximum atomic E-state index is 13.6. The predicted octanol–water partition coefficient (Wildman–Crippen LogP) is 3.83. The lowest BCUT2D eigenvalue weighted by molar-refractivity contribution is 0.0386. The molecule has 4 heteroatoms. The smallest absolute Gasteiger partial charge is 0.128 e. The normalized spacial score (nSPS) is 12.3. The minimum absolute atomic E-state index is 0.181. The summed E-state index contributed by atoms with van der Waals surface area (Å²) in [6.07, 6.45) is -0.245. The lowest BCUT2D eigenvalue weighted by Gasteiger charge is -2.19. The second kappa shape index (κ2) is 7.86. The fraction of sp³-hybridized carbons (Fsp3) is 0.294. The van der Waals surface area contributed by atoms with Crippen molar-refractivity contribution in [1.82, 2.24) is 5.32 Å². The van der Waals surface area contributed by atoms with E-state index in [9.17, 15) is 8.78 Å². The largest absolute Gasteiger partial charge is 0.367 e. The van der Waals surface area contributed by atoms with Crippen molar-refractivity contribution < 1.29 is 13.5 Å². The molecule has 1 N–H and O–H groups in total. The fourth-order valence-electron chi connectivity index (χ4n) is 2.03. The van der Waals surface area contributed by atoms with Gasteiger partial charge in [-0.05, 0) is 30.3 Å². The van der Waals surface area contributed by atoms with E-state index in [0.717, 1.165) is 12.1 Å². The summed E-state index contributed by atoms with van der Waals surface area (Å²) in [4.78, 5) is 0. The summed E-state index contributed by atoms with van der Waals surface area (Å²) in [5.74, 6) is -0.561. The summed E-state index contributed by atoms with van der Waals surface area (Å²) in [7, 11) is 0. The zero-order valence-electron chi connectivity index (χ0n) is 12.0. The van der Waals surface area contributed by atoms with Crippen molar-refractivity contribution >= 4 is 0 Å². The topological polar surface area (TPSA) is 21.3 Å². The molecule has 2 nitrogen and oxygen atoms in total. The minimum Gasteiger partial charge on any atom is -0.367 e. The van der Waals surface area contributed by atoms with Gasteiger partial charge in [0.25, 0.3) is 0 Å². The first-order valence-electron chi connectivity index (χ1n) is 7.02. The van der Waals surface area contributed by atoms with Crippen LogP contribution in [0.3, 0.4) is 0 Å². The summed E-state index contributed by atoms with van der Waals surface area (Å²) in [6, 6.07) is 12.7. The van der Waals surface area contributed by atoms with Crippen molar-refractivity contribution in [2.75, 3.05) is 13.1 Å². The Morgan fingerprint density at radius 2 is 1.76 bits per heavy atom. The molecule has 2 rings (SSSR count). The average molecular weight is 291 g/mol. The lowest BCUT2D eigenvalue weighted by atomic mass is 10.1. The van der Waals surface area contributed by atoms with E-state index in [2.05, 4.69) is 5.32 Å². The van der Waals surface area contributed by atoms with E-state index in [-0.39, 0.29) is 24.3 Å². The Kier molecular flexibility index (Phi) is 5.84. The molecular weight excluding hydrogens is 272 g/mol. The number of hydrogen-bond donors (Lipinski definition) is 1. The molecule has 0 amide bonds. The SMILES string of the molecule is CCNCC(OCc1ccccc1F)c1ccc(F)cc1. The van der Waals surface area contributed by atoms with Crippen LogP contribution in [0.4, 0.5) is 8.78 Å². The van der Waals surface area contributed by atoms with Crippen molar-refractivity contribution in [2.24, 2.45) is 0 Å². The Morgan fingerprint density at radius 3 is 2.43 bits per heavy atom. The van der Waals surface area contributed by atoms with Crippen LogP contribution in [0, 0.1) is 11.6 Å². The summed E-state index contributed by atoms with van der Waals surface area (Å²) in [5, 5.41) is 3.20. The Labute approximate surface area is 123 Å². The van der Waals surface area contributed by atoms with Gasteiger partial charge in [-0.1, -0.05) is 37.3 Å². The van der Waals surface area contributed by atoms with E-state index in [1.165, 1.54) is 18.2 Å². The molecule has 0 spiro atoms. The molecule has 112 valence electrons. The van der Waals surface area contributed by atoms with Crippen LogP contribution in [0.1, 0.15) is 24.2 Å². The van der Waals surface area contributed by atoms with E-state index >= 15 is 0 Å². The second-order valence-corrected chi connectivity index (χ2v) is 4.75. The molecule has 0 fully saturated rings. The summed E-state index contributed by atoms with van der Waals surface area (Å²) in [5.41, 5.74) is 1.38. The number of likely N-dealkylation sites (N-methyl/N-ethyl adjacent to an activating group) is 1. The minimum atomic E-state index is -0.282. The van der Waals surface area contributed by atoms with E-state index in [1.807, 2.05) is 6.92 Å². The van der Waals surface area contributed by atoms with E-state index in [4.69, 9.17) is 4.74 Å². The highest BCUT2D eigenvalue weighted by atomic mass is 19.1. The van der Waals surface area contributed by atoms with Gasteiger partial charge in [0.1, 0.15) is 11.6 Å². The third-order valence-electron chi connectivity index (χ3n) is 3.22. The van der Waals surface area contributed by atoms with E-state index < -0.39 is 0 Å². The third-order valence-corrected chi connectivity index (χ3v) is 3.22. The monoisotopic (exact) mass is 291 g/mol. The maximum absolute atomic E-state index is 13.6. The predicted molar refractivity (Wildman–Crippen MR) is 78.9 cm³/mol. The molecule has 0 saturated heterocycles. The molecule has 0 bridgehead atoms. The molecular formula is C17H19F2NO. The van der Waals surface area contributed by atoms with Gasteiger partial charge < -0.3 is 10.1 Å². The van der Waals surface area contributed by atoms with Crippen molar-refractivity contribution in [1.29, 1.82) is 0 Å². The zero-order chi connectivity index (χ0) is 15.1. The first kappa shape index (κ1) is 15.6. The highest BCUT2D eigenvalue weighted by molar-refractivity contribution is 5.20. The van der Waals surface area contributed by atoms with Crippen molar-refractivity contribution in [3.05, 3.63) is 71.3 Å². The standard InChI is InChI=1S/C17H19F2NO/c1-2-20-11-17(13-7-9-15(18)10-8-13)21-12-14-5-3-4-6-16(14)19/h3-10,17,20H,2,11-12H2,1H3. The molecule has 0 aromatic heterocycles. The average Bonchev–Trinajstić information content (AvgIpc) is 2.50. The number of hydrogen-bond acceptors (Lipinski definition) is 2. The van der Waals surface area contributed by atoms with E-state index in [0.29, 0.717) is 12.1 Å². The number of benzene rings is 2. The molecule has 1 unspecified atom stereocenters. The number of ether oxygens (including phenoxy) is 1. The van der Waals surface area contributed by atoms with Crippen LogP contribution in [0.25, 0.3) is 0 Å². The summed E-state index contributed by atoms with van der Waals surface area (Å²) in [6.45, 7) is 3.58. The van der Waals surface area contributed by atoms with Gasteiger partial charge in [0.15, 0.2) is 0 Å². The fourth-order valence-corrected chi connectivity index (χ4v) is 2.03. The van der Waals surface area contributed by atoms with Gasteiger partial charge in [-0.25, -0.2) is 8.78 Å². The molecule has 0 aliphatic rings. The van der Waals surface area contributed by atoms with E-state index in [1.54, 1.807) is 30.3 Å². The van der Waals surface area contributed by atoms with Crippen molar-refractivity contribution in [2.45, 2.75) is 19.6 Å². The molecule has 21 heavy (non-hydrogen) atoms. The van der Waals surface area contributed by atoms with Gasteiger partial charge in [-0.15, -0.1) is 0 Å². The van der Waals surface area contributed by atoms with Gasteiger partial charge in [-0.2, -0.15) is 0 Å². The first-order chi connectivity index (χ1) is 10.2. The molecule has 0 aliphatic carbocycles. The molecule has 2 aromatic carbocycles. The first-order valence-corrected chi connectivity index (χ1v) is 7.02. The van der Waals surface area contributed by atoms with Crippen LogP contribution in [-0.2, 0) is 11.3 Å². The van der Waals surface area contributed by atoms with Gasteiger partial charge in [0.05, 0.1) is 12.7 Å².